The summed E-state index contributed by atoms with van der Waals surface area (Å²) in [4.78, 5) is 21.2. The minimum atomic E-state index is -1.42. The molecule has 0 saturated carbocycles. The molecular weight excluding hydrogens is 2030 g/mol. The van der Waals surface area contributed by atoms with E-state index in [4.69, 9.17) is 176 Å². The van der Waals surface area contributed by atoms with Crippen LogP contribution < -0.4 is 133 Å². The van der Waals surface area contributed by atoms with Gasteiger partial charge in [0.25, 0.3) is 0 Å². The van der Waals surface area contributed by atoms with Crippen LogP contribution in [0.15, 0.2) is 121 Å². The Morgan fingerprint density at radius 3 is 0.953 bits per heavy atom. The second-order valence-electron chi connectivity index (χ2n) is 29.5. The fraction of sp³-hybridized carbons (Fsp3) is 0.396. The molecule has 149 heavy (non-hydrogen) atoms. The second-order valence-corrected chi connectivity index (χ2v) is 30.1. The van der Waals surface area contributed by atoms with E-state index in [2.05, 4.69) is 22.9 Å². The predicted molar refractivity (Wildman–Crippen MR) is 551 cm³/mol. The number of phenolic OH excluding ortho intramolecular Hbond substituents is 2. The second kappa shape index (κ2) is 67.3. The molecule has 0 unspecified atom stereocenters. The molecule has 1 fully saturated rings. The number of carbonyl (C=O) groups is 2. The first-order valence-corrected chi connectivity index (χ1v) is 45.8. The summed E-state index contributed by atoms with van der Waals surface area (Å²) in [5.41, 5.74) is 6.41. The van der Waals surface area contributed by atoms with Gasteiger partial charge >= 0.3 is 0 Å². The van der Waals surface area contributed by atoms with Crippen LogP contribution in [0.4, 0.5) is 0 Å². The van der Waals surface area contributed by atoms with Crippen LogP contribution in [0.5, 0.6) is 172 Å². The van der Waals surface area contributed by atoms with E-state index in [0.29, 0.717) is 162 Å². The number of methoxy groups -OCH3 is 28. The van der Waals surface area contributed by atoms with Gasteiger partial charge in [-0.1, -0.05) is 35.0 Å². The largest absolute Gasteiger partial charge is 0.504 e. The Balaban J connectivity index is 0.000000314. The topological polar surface area (TPSA) is 447 Å². The van der Waals surface area contributed by atoms with Crippen LogP contribution in [-0.4, -0.2) is 280 Å². The minimum Gasteiger partial charge on any atom is -0.504 e. The van der Waals surface area contributed by atoms with Gasteiger partial charge in [-0.25, -0.2) is 0 Å². The van der Waals surface area contributed by atoms with Crippen LogP contribution in [0, 0.1) is 0 Å². The number of alkyl halides is 1. The molecule has 0 spiro atoms. The third-order valence-electron chi connectivity index (χ3n) is 21.2. The third kappa shape index (κ3) is 33.7. The molecule has 1 heterocycles. The van der Waals surface area contributed by atoms with Crippen LogP contribution >= 0.6 is 15.9 Å². The van der Waals surface area contributed by atoms with Gasteiger partial charge in [0.1, 0.15) is 31.2 Å². The quantitative estimate of drug-likeness (QED) is 0.00904. The van der Waals surface area contributed by atoms with Crippen molar-refractivity contribution < 1.29 is 201 Å². The number of benzene rings is 10. The van der Waals surface area contributed by atoms with Gasteiger partial charge in [-0.15, -0.1) is 0 Å². The number of hydrogen-bond donors (Lipinski definition) is 4. The van der Waals surface area contributed by atoms with Gasteiger partial charge in [0.15, 0.2) is 168 Å². The monoisotopic (exact) mass is 2160 g/mol. The van der Waals surface area contributed by atoms with E-state index >= 15 is 0 Å². The zero-order valence-electron chi connectivity index (χ0n) is 89.2. The summed E-state index contributed by atoms with van der Waals surface area (Å²) in [6.07, 6.45) is 2.19. The molecule has 4 atom stereocenters. The number of rotatable bonds is 51. The smallest absolute Gasteiger partial charge is 0.207 e. The number of phenols is 2. The summed E-state index contributed by atoms with van der Waals surface area (Å²) in [6.45, 7) is 2.09. The van der Waals surface area contributed by atoms with E-state index in [0.717, 1.165) is 39.6 Å². The first kappa shape index (κ1) is 125. The minimum absolute atomic E-state index is 0.00263. The van der Waals surface area contributed by atoms with Crippen LogP contribution in [0.3, 0.4) is 0 Å². The number of aldehydes is 2. The van der Waals surface area contributed by atoms with Crippen molar-refractivity contribution in [3.05, 3.63) is 177 Å². The summed E-state index contributed by atoms with van der Waals surface area (Å²) < 4.78 is 192. The molecule has 10 aromatic rings. The highest BCUT2D eigenvalue weighted by atomic mass is 79.9. The summed E-state index contributed by atoms with van der Waals surface area (Å²) in [6, 6.07) is 34.7. The summed E-state index contributed by atoms with van der Waals surface area (Å²) in [5, 5.41) is 41.2. The number of aryl methyl sites for hydroxylation is 1. The van der Waals surface area contributed by atoms with Crippen molar-refractivity contribution in [1.29, 1.82) is 0 Å². The molecule has 4 N–H and O–H groups in total. The van der Waals surface area contributed by atoms with Gasteiger partial charge in [0.2, 0.25) is 57.5 Å². The lowest BCUT2D eigenvalue weighted by Gasteiger charge is -2.24. The molecule has 11 rings (SSSR count). The normalized spacial score (nSPS) is 12.2. The molecule has 0 amide bonds. The molecule has 820 valence electrons. The summed E-state index contributed by atoms with van der Waals surface area (Å²) >= 11 is 3.38. The number of ether oxygens (including phenoxy) is 36. The fourth-order valence-corrected chi connectivity index (χ4v) is 14.4. The number of aliphatic hydroxyl groups excluding tert-OH is 2. The van der Waals surface area contributed by atoms with Gasteiger partial charge < -0.3 is 191 Å². The van der Waals surface area contributed by atoms with Crippen molar-refractivity contribution in [3.8, 4) is 172 Å². The molecule has 1 saturated heterocycles. The molecule has 1 aliphatic rings. The SMILES string of the molecule is CCc1cc(OC)c(OC)c(OC)c1.COCOc1c(/C=C/c2cc(OC)c(OC)c(OC)c2)ccc(OC)c1OCOC.COCOc1c(C=O)ccc(OC)c1OCOC.COCOc1c(OC)ccc([C@H](O)[C@@H](O)c2cc(OC)c(OC)c(OC)c2)c1OCOC.COc1cc(CBr)cc(OC)c1OC.COc1cc([C@@H]2OCO[C@H]2c2ccc(OC)c(OC)c2OC)cc(OC)c1OC.COc1ccc(C=O)c(O)c1O. The van der Waals surface area contributed by atoms with Gasteiger partial charge in [0, 0.05) is 64.7 Å². The molecule has 42 nitrogen and oxygen atoms in total. The van der Waals surface area contributed by atoms with E-state index in [9.17, 15) is 24.9 Å². The molecule has 43 heteroatoms. The van der Waals surface area contributed by atoms with E-state index in [1.54, 1.807) is 163 Å². The van der Waals surface area contributed by atoms with Crippen molar-refractivity contribution in [1.82, 2.24) is 0 Å². The van der Waals surface area contributed by atoms with Gasteiger partial charge in [-0.2, -0.15) is 0 Å². The average molecular weight is 2160 g/mol. The van der Waals surface area contributed by atoms with E-state index in [-0.39, 0.29) is 81.7 Å². The van der Waals surface area contributed by atoms with E-state index in [1.165, 1.54) is 95.9 Å². The number of hydrogen-bond acceptors (Lipinski definition) is 42. The van der Waals surface area contributed by atoms with Crippen molar-refractivity contribution in [2.45, 2.75) is 43.1 Å². The predicted octanol–water partition coefficient (Wildman–Crippen LogP) is 17.1. The molecule has 0 aliphatic carbocycles. The van der Waals surface area contributed by atoms with Gasteiger partial charge in [-0.3, -0.25) is 9.59 Å². The van der Waals surface area contributed by atoms with Crippen molar-refractivity contribution >= 4 is 40.7 Å². The van der Waals surface area contributed by atoms with Crippen LogP contribution in [0.2, 0.25) is 0 Å². The Bertz CT molecular complexity index is 5570. The Hall–Kier alpha value is -14.6. The number of halogens is 1. The number of aliphatic hydroxyl groups is 2. The summed E-state index contributed by atoms with van der Waals surface area (Å²) in [7, 11) is 43.0. The van der Waals surface area contributed by atoms with Crippen LogP contribution in [0.1, 0.15) is 96.6 Å². The Kier molecular flexibility index (Phi) is 56.4. The lowest BCUT2D eigenvalue weighted by Crippen LogP contribution is -2.15. The standard InChI is InChI=1S/C22H30O10.C22H28O8.C21H26O8.C12H16O6.C11H16O3.C10H13BrO3.C8H8O4/c1-25-11-31-20-14(7-8-15(27-3)22(20)32-12-26-2)19(24)18(23)13-9-16(28-4)21(30-6)17(10-13)29-5;1-23-13-29-20-16(9-10-17(25-3)22(20)30-14-24-2)8-7-15-11-18(26-4)21(28-6)19(12-15)27-5;1-22-14-8-7-13(18(25-4)21(14)27-6)19-17(28-11-29-19)12-9-15(23-2)20(26-5)16(10-12)24-3;1-14-7-17-11-9(6-13)4-5-10(16-3)12(11)18-8-15-2;1-5-8-6-9(12-2)11(14-4)10(7-8)13-3;1-12-8-4-7(6-11)5-9(13-2)10(8)14-3;1-12-6-3-2-5(4-9)7(10)8(6)11/h7-10,18-19,23-24H,11-12H2,1-6H3;7-12H,13-14H2,1-6H3;7-10,17,19H,11H2,1-6H3;4-6H,7-8H2,1-3H3;6-7H,5H2,1-4H3;4-5H,6H2,1-3H3;2-4,10-11H,1H3/b;8-7+;;;;;/t18-,19-;;17-,19-;;;;/m0.0..../s1. The van der Waals surface area contributed by atoms with Gasteiger partial charge in [0.05, 0.1) is 168 Å². The summed E-state index contributed by atoms with van der Waals surface area (Å²) in [5.74, 6) is 12.3. The molecule has 0 aromatic heterocycles. The molecular formula is C106H137BrO42. The maximum atomic E-state index is 11.1. The maximum Gasteiger partial charge on any atom is 0.207 e. The number of carbonyl (C=O) groups excluding carboxylic acids is 2. The van der Waals surface area contributed by atoms with Gasteiger partial charge in [-0.05, 0) is 156 Å². The van der Waals surface area contributed by atoms with Crippen LogP contribution in [-0.2, 0) is 49.6 Å². The number of aromatic hydroxyl groups is 2. The molecule has 10 aromatic carbocycles. The Morgan fingerprint density at radius 1 is 0.289 bits per heavy atom. The van der Waals surface area contributed by atoms with Crippen LogP contribution in [0.25, 0.3) is 12.2 Å². The van der Waals surface area contributed by atoms with E-state index < -0.39 is 35.9 Å². The third-order valence-corrected chi connectivity index (χ3v) is 21.8. The fourth-order valence-electron chi connectivity index (χ4n) is 14.1. The first-order chi connectivity index (χ1) is 72.2. The highest BCUT2D eigenvalue weighted by molar-refractivity contribution is 9.08. The molecule has 1 aliphatic heterocycles. The van der Waals surface area contributed by atoms with Crippen molar-refractivity contribution in [3.63, 3.8) is 0 Å². The molecule has 0 bridgehead atoms. The average Bonchev–Trinajstić information content (AvgIpc) is 1.60. The zero-order chi connectivity index (χ0) is 110. The Labute approximate surface area is 876 Å². The lowest BCUT2D eigenvalue weighted by atomic mass is 9.96. The molecule has 0 radical (unpaired) electrons. The highest BCUT2D eigenvalue weighted by Crippen LogP contribution is 2.54. The zero-order valence-corrected chi connectivity index (χ0v) is 90.8. The Morgan fingerprint density at radius 2 is 0.591 bits per heavy atom. The highest BCUT2D eigenvalue weighted by Gasteiger charge is 2.38. The van der Waals surface area contributed by atoms with Crippen molar-refractivity contribution in [2.24, 2.45) is 0 Å². The van der Waals surface area contributed by atoms with E-state index in [1.807, 2.05) is 78.9 Å². The maximum absolute atomic E-state index is 11.1. The lowest BCUT2D eigenvalue weighted by molar-refractivity contribution is 0.00627. The first-order valence-electron chi connectivity index (χ1n) is 44.7. The van der Waals surface area contributed by atoms with Crippen molar-refractivity contribution in [2.75, 3.05) is 247 Å².